The van der Waals surface area contributed by atoms with Gasteiger partial charge in [0.1, 0.15) is 0 Å². The summed E-state index contributed by atoms with van der Waals surface area (Å²) in [5, 5.41) is 7.63. The summed E-state index contributed by atoms with van der Waals surface area (Å²) in [6.07, 6.45) is 1.97. The van der Waals surface area contributed by atoms with E-state index in [2.05, 4.69) is 22.4 Å². The van der Waals surface area contributed by atoms with E-state index in [0.29, 0.717) is 18.4 Å². The Labute approximate surface area is 118 Å². The highest BCUT2D eigenvalue weighted by atomic mass is 32.2. The van der Waals surface area contributed by atoms with Crippen molar-refractivity contribution >= 4 is 11.8 Å². The number of nitrogens with one attached hydrogen (secondary N) is 1. The lowest BCUT2D eigenvalue weighted by molar-refractivity contribution is 0.116. The number of ether oxygens (including phenoxy) is 1. The van der Waals surface area contributed by atoms with E-state index in [1.165, 1.54) is 0 Å². The van der Waals surface area contributed by atoms with Crippen molar-refractivity contribution in [2.24, 2.45) is 0 Å². The molecule has 1 aliphatic rings. The zero-order chi connectivity index (χ0) is 13.7. The van der Waals surface area contributed by atoms with Crippen molar-refractivity contribution in [3.05, 3.63) is 11.7 Å². The zero-order valence-electron chi connectivity index (χ0n) is 11.9. The van der Waals surface area contributed by atoms with E-state index in [4.69, 9.17) is 9.26 Å². The Morgan fingerprint density at radius 1 is 1.53 bits per heavy atom. The molecule has 2 heterocycles. The molecule has 1 saturated heterocycles. The molecule has 0 radical (unpaired) electrons. The summed E-state index contributed by atoms with van der Waals surface area (Å²) in [6.45, 7) is 5.23. The third-order valence-corrected chi connectivity index (χ3v) is 4.60. The Bertz CT molecular complexity index is 386. The van der Waals surface area contributed by atoms with E-state index in [1.54, 1.807) is 7.11 Å². The molecule has 108 valence electrons. The van der Waals surface area contributed by atoms with Crippen LogP contribution in [-0.4, -0.2) is 47.4 Å². The van der Waals surface area contributed by atoms with Crippen LogP contribution in [0.2, 0.25) is 0 Å². The molecule has 0 aromatic carbocycles. The van der Waals surface area contributed by atoms with Crippen LogP contribution in [0.15, 0.2) is 4.52 Å². The molecule has 3 atom stereocenters. The minimum Gasteiger partial charge on any atom is -0.381 e. The minimum atomic E-state index is 0.123. The predicted octanol–water partition coefficient (Wildman–Crippen LogP) is 1.85. The molecule has 0 saturated carbocycles. The number of nitrogens with zero attached hydrogens (tertiary/aromatic N) is 2. The topological polar surface area (TPSA) is 60.2 Å². The molecule has 19 heavy (non-hydrogen) atoms. The zero-order valence-corrected chi connectivity index (χ0v) is 12.7. The Morgan fingerprint density at radius 2 is 2.37 bits per heavy atom. The highest BCUT2D eigenvalue weighted by Gasteiger charge is 2.33. The minimum absolute atomic E-state index is 0.123. The van der Waals surface area contributed by atoms with Crippen molar-refractivity contribution in [1.29, 1.82) is 0 Å². The summed E-state index contributed by atoms with van der Waals surface area (Å²) in [6, 6.07) is 0.457. The van der Waals surface area contributed by atoms with Crippen LogP contribution < -0.4 is 5.32 Å². The molecule has 1 aromatic heterocycles. The van der Waals surface area contributed by atoms with Gasteiger partial charge in [-0.15, -0.1) is 0 Å². The van der Waals surface area contributed by atoms with Crippen molar-refractivity contribution in [2.75, 3.05) is 25.2 Å². The van der Waals surface area contributed by atoms with Crippen molar-refractivity contribution in [2.45, 2.75) is 44.8 Å². The van der Waals surface area contributed by atoms with E-state index in [1.807, 2.05) is 18.7 Å². The lowest BCUT2D eigenvalue weighted by Crippen LogP contribution is -2.34. The normalized spacial score (nSPS) is 24.8. The number of hydrogen-bond acceptors (Lipinski definition) is 6. The average molecular weight is 285 g/mol. The summed E-state index contributed by atoms with van der Waals surface area (Å²) < 4.78 is 10.7. The van der Waals surface area contributed by atoms with Crippen molar-refractivity contribution < 1.29 is 9.26 Å². The molecular formula is C13H23N3O2S. The second kappa shape index (κ2) is 7.26. The van der Waals surface area contributed by atoms with Gasteiger partial charge < -0.3 is 14.6 Å². The first-order valence-electron chi connectivity index (χ1n) is 6.91. The van der Waals surface area contributed by atoms with Crippen LogP contribution in [0, 0.1) is 0 Å². The highest BCUT2D eigenvalue weighted by Crippen LogP contribution is 2.32. The Hall–Kier alpha value is -0.590. The Kier molecular flexibility index (Phi) is 5.66. The lowest BCUT2D eigenvalue weighted by Gasteiger charge is -2.16. The second-order valence-corrected chi connectivity index (χ2v) is 6.08. The number of hydrogen-bond donors (Lipinski definition) is 1. The van der Waals surface area contributed by atoms with E-state index in [-0.39, 0.29) is 6.10 Å². The molecule has 1 aliphatic heterocycles. The summed E-state index contributed by atoms with van der Waals surface area (Å²) in [5.74, 6) is 4.04. The van der Waals surface area contributed by atoms with Gasteiger partial charge in [0.05, 0.1) is 12.0 Å². The number of thioether (sulfide) groups is 1. The van der Waals surface area contributed by atoms with Crippen LogP contribution in [0.1, 0.15) is 37.9 Å². The number of rotatable bonds is 7. The van der Waals surface area contributed by atoms with Crippen molar-refractivity contribution in [3.8, 4) is 0 Å². The van der Waals surface area contributed by atoms with Gasteiger partial charge >= 0.3 is 0 Å². The number of methoxy groups -OCH3 is 1. The molecular weight excluding hydrogens is 262 g/mol. The van der Waals surface area contributed by atoms with Gasteiger partial charge in [0.25, 0.3) is 0 Å². The smallest absolute Gasteiger partial charge is 0.232 e. The molecule has 3 unspecified atom stereocenters. The molecule has 0 aliphatic carbocycles. The van der Waals surface area contributed by atoms with Crippen molar-refractivity contribution in [1.82, 2.24) is 15.5 Å². The first-order chi connectivity index (χ1) is 9.24. The predicted molar refractivity (Wildman–Crippen MR) is 76.6 cm³/mol. The standard InChI is InChI=1S/C13H23N3O2S/c1-4-5-14-11-8-19-7-10(11)13-15-12(16-18-13)6-9(2)17-3/h9-11,14H,4-8H2,1-3H3. The monoisotopic (exact) mass is 285 g/mol. The first-order valence-corrected chi connectivity index (χ1v) is 8.06. The Morgan fingerprint density at radius 3 is 3.11 bits per heavy atom. The summed E-state index contributed by atoms with van der Waals surface area (Å²) in [5.41, 5.74) is 0. The van der Waals surface area contributed by atoms with Gasteiger partial charge in [-0.1, -0.05) is 12.1 Å². The summed E-state index contributed by atoms with van der Waals surface area (Å²) >= 11 is 1.95. The molecule has 1 N–H and O–H groups in total. The maximum Gasteiger partial charge on any atom is 0.232 e. The summed E-state index contributed by atoms with van der Waals surface area (Å²) in [7, 11) is 1.70. The van der Waals surface area contributed by atoms with Crippen LogP contribution >= 0.6 is 11.8 Å². The van der Waals surface area contributed by atoms with Gasteiger partial charge in [-0.3, -0.25) is 0 Å². The number of aromatic nitrogens is 2. The maximum absolute atomic E-state index is 5.43. The molecule has 2 rings (SSSR count). The molecule has 0 bridgehead atoms. The fourth-order valence-electron chi connectivity index (χ4n) is 2.17. The van der Waals surface area contributed by atoms with Gasteiger partial charge in [-0.25, -0.2) is 0 Å². The quantitative estimate of drug-likeness (QED) is 0.825. The largest absolute Gasteiger partial charge is 0.381 e. The molecule has 1 aromatic rings. The SMILES string of the molecule is CCCNC1CSCC1c1nc(CC(C)OC)no1. The van der Waals surface area contributed by atoms with Gasteiger partial charge in [0.2, 0.25) is 5.89 Å². The van der Waals surface area contributed by atoms with Gasteiger partial charge in [-0.05, 0) is 19.9 Å². The van der Waals surface area contributed by atoms with Crippen LogP contribution in [0.3, 0.4) is 0 Å². The highest BCUT2D eigenvalue weighted by molar-refractivity contribution is 7.99. The van der Waals surface area contributed by atoms with Crippen LogP contribution in [0.4, 0.5) is 0 Å². The summed E-state index contributed by atoms with van der Waals surface area (Å²) in [4.78, 5) is 4.53. The van der Waals surface area contributed by atoms with Gasteiger partial charge in [-0.2, -0.15) is 16.7 Å². The van der Waals surface area contributed by atoms with E-state index in [0.717, 1.165) is 36.2 Å². The van der Waals surface area contributed by atoms with E-state index < -0.39 is 0 Å². The Balaban J connectivity index is 1.96. The first kappa shape index (κ1) is 14.8. The molecule has 6 heteroatoms. The van der Waals surface area contributed by atoms with Crippen molar-refractivity contribution in [3.63, 3.8) is 0 Å². The average Bonchev–Trinajstić information content (AvgIpc) is 3.04. The van der Waals surface area contributed by atoms with Crippen LogP contribution in [0.25, 0.3) is 0 Å². The lowest BCUT2D eigenvalue weighted by atomic mass is 10.0. The molecule has 0 spiro atoms. The fraction of sp³-hybridized carbons (Fsp3) is 0.846. The van der Waals surface area contributed by atoms with Crippen LogP contribution in [-0.2, 0) is 11.2 Å². The maximum atomic E-state index is 5.43. The van der Waals surface area contributed by atoms with Crippen LogP contribution in [0.5, 0.6) is 0 Å². The molecule has 5 nitrogen and oxygen atoms in total. The third kappa shape index (κ3) is 3.94. The van der Waals surface area contributed by atoms with E-state index in [9.17, 15) is 0 Å². The van der Waals surface area contributed by atoms with E-state index >= 15 is 0 Å². The fourth-order valence-corrected chi connectivity index (χ4v) is 3.54. The molecule has 1 fully saturated rings. The third-order valence-electron chi connectivity index (χ3n) is 3.41. The van der Waals surface area contributed by atoms with Gasteiger partial charge in [0, 0.05) is 31.1 Å². The molecule has 0 amide bonds. The van der Waals surface area contributed by atoms with Gasteiger partial charge in [0.15, 0.2) is 5.82 Å². The second-order valence-electron chi connectivity index (χ2n) is 5.00.